The molecular weight excluding hydrogens is 412 g/mol. The van der Waals surface area contributed by atoms with Gasteiger partial charge >= 0.3 is 6.03 Å². The number of carbonyl (C=O) groups excluding carboxylic acids is 2. The van der Waals surface area contributed by atoms with E-state index in [0.29, 0.717) is 29.6 Å². The standard InChI is InChI=1S/C27H32N4O2/c1-2-26(32)19-6-5-7-20(14-19)29-27(33)30-21-9-10-25-23(16-21)24(17-28-25)18-11-13-31-12-4-3-8-22(31)15-18/h5-7,9-10,14,16-18,22,28H,2-4,8,11-13,15H2,1H3,(H2,29,30,33). The van der Waals surface area contributed by atoms with Crippen molar-refractivity contribution < 1.29 is 9.59 Å². The second-order valence-corrected chi connectivity index (χ2v) is 9.35. The summed E-state index contributed by atoms with van der Waals surface area (Å²) in [5.41, 5.74) is 4.45. The number of nitrogens with one attached hydrogen (secondary N) is 3. The van der Waals surface area contributed by atoms with Crippen molar-refractivity contribution >= 4 is 34.1 Å². The van der Waals surface area contributed by atoms with Crippen molar-refractivity contribution in [2.45, 2.75) is 57.4 Å². The van der Waals surface area contributed by atoms with Crippen molar-refractivity contribution in [3.8, 4) is 0 Å². The number of urea groups is 1. The van der Waals surface area contributed by atoms with Gasteiger partial charge in [-0.15, -0.1) is 0 Å². The summed E-state index contributed by atoms with van der Waals surface area (Å²) in [6.45, 7) is 4.27. The van der Waals surface area contributed by atoms with Gasteiger partial charge in [0.1, 0.15) is 0 Å². The first-order chi connectivity index (χ1) is 16.1. The Morgan fingerprint density at radius 2 is 1.88 bits per heavy atom. The van der Waals surface area contributed by atoms with Crippen molar-refractivity contribution in [2.24, 2.45) is 0 Å². The molecule has 3 N–H and O–H groups in total. The minimum Gasteiger partial charge on any atom is -0.361 e. The van der Waals surface area contributed by atoms with E-state index in [4.69, 9.17) is 0 Å². The Morgan fingerprint density at radius 3 is 2.73 bits per heavy atom. The Hall–Kier alpha value is -3.12. The van der Waals surface area contributed by atoms with E-state index in [9.17, 15) is 9.59 Å². The molecule has 0 saturated carbocycles. The average molecular weight is 445 g/mol. The van der Waals surface area contributed by atoms with Crippen molar-refractivity contribution in [1.29, 1.82) is 0 Å². The van der Waals surface area contributed by atoms with Crippen LogP contribution in [0, 0.1) is 0 Å². The number of nitrogens with zero attached hydrogens (tertiary/aromatic N) is 1. The quantitative estimate of drug-likeness (QED) is 0.414. The second kappa shape index (κ2) is 9.40. The third kappa shape index (κ3) is 4.67. The first-order valence-corrected chi connectivity index (χ1v) is 12.2. The van der Waals surface area contributed by atoms with E-state index in [0.717, 1.165) is 11.2 Å². The lowest BCUT2D eigenvalue weighted by Crippen LogP contribution is -2.44. The fraction of sp³-hybridized carbons (Fsp3) is 0.407. The van der Waals surface area contributed by atoms with E-state index in [2.05, 4.69) is 32.8 Å². The van der Waals surface area contributed by atoms with Gasteiger partial charge in [-0.2, -0.15) is 0 Å². The number of H-pyrrole nitrogens is 1. The van der Waals surface area contributed by atoms with Crippen LogP contribution in [0.3, 0.4) is 0 Å². The molecule has 2 fully saturated rings. The van der Waals surface area contributed by atoms with Gasteiger partial charge in [-0.05, 0) is 80.6 Å². The van der Waals surface area contributed by atoms with Gasteiger partial charge in [0, 0.05) is 46.5 Å². The van der Waals surface area contributed by atoms with Crippen LogP contribution in [0.4, 0.5) is 16.2 Å². The normalized spacial score (nSPS) is 20.9. The predicted octanol–water partition coefficient (Wildman–Crippen LogP) is 6.14. The third-order valence-electron chi connectivity index (χ3n) is 7.25. The fourth-order valence-electron chi connectivity index (χ4n) is 5.50. The van der Waals surface area contributed by atoms with Crippen LogP contribution in [0.25, 0.3) is 10.9 Å². The Kier molecular flexibility index (Phi) is 6.18. The molecule has 0 bridgehead atoms. The smallest absolute Gasteiger partial charge is 0.323 e. The van der Waals surface area contributed by atoms with Crippen LogP contribution in [0.1, 0.15) is 67.3 Å². The van der Waals surface area contributed by atoms with E-state index < -0.39 is 0 Å². The molecule has 1 aromatic heterocycles. The van der Waals surface area contributed by atoms with E-state index in [1.165, 1.54) is 56.1 Å². The number of Topliss-reactive ketones (excluding diaryl/α,β-unsaturated/α-hetero) is 1. The molecule has 2 aliphatic rings. The lowest BCUT2D eigenvalue weighted by molar-refractivity contribution is 0.0977. The SMILES string of the molecule is CCC(=O)c1cccc(NC(=O)Nc2ccc3[nH]cc(C4CCN5CCCCC5C4)c3c2)c1. The topological polar surface area (TPSA) is 77.2 Å². The molecule has 0 aliphatic carbocycles. The molecule has 0 spiro atoms. The van der Waals surface area contributed by atoms with Crippen LogP contribution in [0.15, 0.2) is 48.7 Å². The van der Waals surface area contributed by atoms with Gasteiger partial charge in [-0.3, -0.25) is 4.79 Å². The number of hydrogen-bond acceptors (Lipinski definition) is 3. The minimum atomic E-state index is -0.317. The molecule has 6 nitrogen and oxygen atoms in total. The van der Waals surface area contributed by atoms with Crippen molar-refractivity contribution in [2.75, 3.05) is 23.7 Å². The summed E-state index contributed by atoms with van der Waals surface area (Å²) >= 11 is 0. The first kappa shape index (κ1) is 21.7. The summed E-state index contributed by atoms with van der Waals surface area (Å²) in [7, 11) is 0. The highest BCUT2D eigenvalue weighted by atomic mass is 16.2. The van der Waals surface area contributed by atoms with Gasteiger partial charge < -0.3 is 20.5 Å². The number of aromatic amines is 1. The lowest BCUT2D eigenvalue weighted by Gasteiger charge is -2.42. The van der Waals surface area contributed by atoms with Crippen LogP contribution >= 0.6 is 0 Å². The predicted molar refractivity (Wildman–Crippen MR) is 133 cm³/mol. The zero-order valence-corrected chi connectivity index (χ0v) is 19.2. The van der Waals surface area contributed by atoms with Crippen LogP contribution < -0.4 is 10.6 Å². The van der Waals surface area contributed by atoms with Crippen molar-refractivity contribution in [3.63, 3.8) is 0 Å². The highest BCUT2D eigenvalue weighted by Crippen LogP contribution is 2.38. The molecule has 33 heavy (non-hydrogen) atoms. The molecule has 0 radical (unpaired) electrons. The molecule has 2 unspecified atom stereocenters. The van der Waals surface area contributed by atoms with Gasteiger partial charge in [-0.1, -0.05) is 25.5 Å². The van der Waals surface area contributed by atoms with E-state index in [1.807, 2.05) is 19.1 Å². The number of ketones is 1. The number of amides is 2. The lowest BCUT2D eigenvalue weighted by atomic mass is 9.82. The van der Waals surface area contributed by atoms with Crippen molar-refractivity contribution in [1.82, 2.24) is 9.88 Å². The zero-order valence-electron chi connectivity index (χ0n) is 19.2. The molecule has 2 saturated heterocycles. The number of piperidine rings is 2. The molecule has 5 rings (SSSR count). The molecule has 3 aromatic rings. The molecule has 2 aliphatic heterocycles. The number of aromatic nitrogens is 1. The molecule has 3 heterocycles. The molecule has 6 heteroatoms. The summed E-state index contributed by atoms with van der Waals surface area (Å²) < 4.78 is 0. The van der Waals surface area contributed by atoms with Gasteiger partial charge in [0.05, 0.1) is 0 Å². The molecule has 2 aromatic carbocycles. The monoisotopic (exact) mass is 444 g/mol. The largest absolute Gasteiger partial charge is 0.361 e. The third-order valence-corrected chi connectivity index (χ3v) is 7.25. The molecule has 172 valence electrons. The number of rotatable bonds is 5. The second-order valence-electron chi connectivity index (χ2n) is 9.35. The summed E-state index contributed by atoms with van der Waals surface area (Å²) in [6.07, 6.45) is 9.01. The maximum Gasteiger partial charge on any atom is 0.323 e. The molecule has 2 amide bonds. The van der Waals surface area contributed by atoms with Crippen LogP contribution in [0.2, 0.25) is 0 Å². The van der Waals surface area contributed by atoms with Gasteiger partial charge in [0.25, 0.3) is 0 Å². The number of benzene rings is 2. The fourth-order valence-corrected chi connectivity index (χ4v) is 5.50. The van der Waals surface area contributed by atoms with E-state index >= 15 is 0 Å². The summed E-state index contributed by atoms with van der Waals surface area (Å²) in [4.78, 5) is 30.7. The summed E-state index contributed by atoms with van der Waals surface area (Å²) in [5, 5.41) is 6.99. The van der Waals surface area contributed by atoms with Crippen molar-refractivity contribution in [3.05, 3.63) is 59.8 Å². The number of anilines is 2. The average Bonchev–Trinajstić information content (AvgIpc) is 3.26. The van der Waals surface area contributed by atoms with Crippen LogP contribution in [0.5, 0.6) is 0 Å². The Balaban J connectivity index is 1.30. The minimum absolute atomic E-state index is 0.0588. The van der Waals surface area contributed by atoms with E-state index in [1.54, 1.807) is 24.3 Å². The molecule has 2 atom stereocenters. The Labute approximate surface area is 194 Å². The Morgan fingerprint density at radius 1 is 1.03 bits per heavy atom. The van der Waals surface area contributed by atoms with Gasteiger partial charge in [0.15, 0.2) is 5.78 Å². The zero-order chi connectivity index (χ0) is 22.8. The Bertz CT molecular complexity index is 1170. The highest BCUT2D eigenvalue weighted by Gasteiger charge is 2.31. The number of hydrogen-bond donors (Lipinski definition) is 3. The highest BCUT2D eigenvalue weighted by molar-refractivity contribution is 6.02. The number of carbonyl (C=O) groups is 2. The van der Waals surface area contributed by atoms with Crippen LogP contribution in [-0.4, -0.2) is 40.8 Å². The van der Waals surface area contributed by atoms with E-state index in [-0.39, 0.29) is 11.8 Å². The van der Waals surface area contributed by atoms with Gasteiger partial charge in [0.2, 0.25) is 0 Å². The first-order valence-electron chi connectivity index (χ1n) is 12.2. The summed E-state index contributed by atoms with van der Waals surface area (Å²) in [5.74, 6) is 0.615. The number of fused-ring (bicyclic) bond motifs is 2. The van der Waals surface area contributed by atoms with Gasteiger partial charge in [-0.25, -0.2) is 4.79 Å². The maximum absolute atomic E-state index is 12.6. The summed E-state index contributed by atoms with van der Waals surface area (Å²) in [6, 6.07) is 13.5. The molecular formula is C27H32N4O2. The van der Waals surface area contributed by atoms with Crippen LogP contribution in [-0.2, 0) is 0 Å². The maximum atomic E-state index is 12.6.